The topological polar surface area (TPSA) is 0 Å². The van der Waals surface area contributed by atoms with Crippen molar-refractivity contribution in [2.45, 2.75) is 52.4 Å². The molecule has 0 saturated heterocycles. The highest BCUT2D eigenvalue weighted by Gasteiger charge is 2.34. The summed E-state index contributed by atoms with van der Waals surface area (Å²) in [5.41, 5.74) is 0. The van der Waals surface area contributed by atoms with E-state index in [0.717, 1.165) is 23.7 Å². The Bertz CT molecular complexity index is 150. The van der Waals surface area contributed by atoms with Gasteiger partial charge in [0.1, 0.15) is 0 Å². The van der Waals surface area contributed by atoms with Crippen molar-refractivity contribution in [2.75, 3.05) is 0 Å². The molecule has 0 bridgehead atoms. The van der Waals surface area contributed by atoms with Gasteiger partial charge in [-0.1, -0.05) is 39.5 Å². The Morgan fingerprint density at radius 1 is 0.917 bits per heavy atom. The van der Waals surface area contributed by atoms with E-state index >= 15 is 0 Å². The first-order chi connectivity index (χ1) is 5.77. The molecule has 2 aliphatic rings. The lowest BCUT2D eigenvalue weighted by Gasteiger charge is -2.42. The molecule has 0 aromatic carbocycles. The summed E-state index contributed by atoms with van der Waals surface area (Å²) in [7, 11) is 0. The molecule has 0 aliphatic heterocycles. The van der Waals surface area contributed by atoms with Crippen LogP contribution in [0.15, 0.2) is 0 Å². The molecule has 0 unspecified atom stereocenters. The van der Waals surface area contributed by atoms with E-state index in [1.807, 2.05) is 0 Å². The fourth-order valence-corrected chi connectivity index (χ4v) is 3.52. The van der Waals surface area contributed by atoms with Crippen LogP contribution in [0.5, 0.6) is 0 Å². The highest BCUT2D eigenvalue weighted by molar-refractivity contribution is 4.85. The second-order valence-electron chi connectivity index (χ2n) is 5.25. The van der Waals surface area contributed by atoms with Crippen molar-refractivity contribution >= 4 is 0 Å². The molecule has 12 heavy (non-hydrogen) atoms. The van der Waals surface area contributed by atoms with Gasteiger partial charge < -0.3 is 0 Å². The second-order valence-corrected chi connectivity index (χ2v) is 5.25. The van der Waals surface area contributed by atoms with Crippen LogP contribution in [0.2, 0.25) is 0 Å². The highest BCUT2D eigenvalue weighted by atomic mass is 14.4. The van der Waals surface area contributed by atoms with Crippen molar-refractivity contribution in [3.05, 3.63) is 0 Å². The smallest absolute Gasteiger partial charge is 0.0360 e. The lowest BCUT2D eigenvalue weighted by atomic mass is 9.64. The Labute approximate surface area is 76.7 Å². The second kappa shape index (κ2) is 3.40. The van der Waals surface area contributed by atoms with Crippen molar-refractivity contribution in [2.24, 2.45) is 23.7 Å². The molecule has 0 aromatic heterocycles. The van der Waals surface area contributed by atoms with Gasteiger partial charge in [0, 0.05) is 0 Å². The average molecular weight is 166 g/mol. The number of hydrogen-bond donors (Lipinski definition) is 0. The van der Waals surface area contributed by atoms with Crippen molar-refractivity contribution in [1.29, 1.82) is 0 Å². The fraction of sp³-hybridized carbons (Fsp3) is 1.00. The van der Waals surface area contributed by atoms with Gasteiger partial charge in [-0.2, -0.15) is 0 Å². The maximum atomic E-state index is 2.48. The predicted molar refractivity (Wildman–Crippen MR) is 53.0 cm³/mol. The van der Waals surface area contributed by atoms with Crippen LogP contribution in [-0.2, 0) is 0 Å². The molecule has 70 valence electrons. The van der Waals surface area contributed by atoms with Crippen LogP contribution in [0.1, 0.15) is 52.4 Å². The molecule has 0 nitrogen and oxygen atoms in total. The Hall–Kier alpha value is 0. The summed E-state index contributed by atoms with van der Waals surface area (Å²) >= 11 is 0. The van der Waals surface area contributed by atoms with Crippen LogP contribution < -0.4 is 0 Å². The van der Waals surface area contributed by atoms with Crippen LogP contribution in [0, 0.1) is 23.7 Å². The third-order valence-corrected chi connectivity index (χ3v) is 4.27. The zero-order valence-corrected chi connectivity index (χ0v) is 8.55. The molecule has 0 radical (unpaired) electrons. The first-order valence-electron chi connectivity index (χ1n) is 5.77. The molecule has 0 aromatic rings. The quantitative estimate of drug-likeness (QED) is 0.512. The molecular weight excluding hydrogens is 144 g/mol. The largest absolute Gasteiger partial charge is 0.0625 e. The highest BCUT2D eigenvalue weighted by Crippen LogP contribution is 2.45. The minimum absolute atomic E-state index is 1.02. The number of rotatable bonds is 0. The molecule has 0 amide bonds. The summed E-state index contributed by atoms with van der Waals surface area (Å²) < 4.78 is 0. The van der Waals surface area contributed by atoms with Gasteiger partial charge in [-0.15, -0.1) is 0 Å². The Morgan fingerprint density at radius 2 is 1.75 bits per heavy atom. The van der Waals surface area contributed by atoms with Gasteiger partial charge in [0.05, 0.1) is 0 Å². The third kappa shape index (κ3) is 1.53. The molecular formula is C12H22. The molecule has 2 aliphatic carbocycles. The molecule has 2 rings (SSSR count). The van der Waals surface area contributed by atoms with Gasteiger partial charge >= 0.3 is 0 Å². The fourth-order valence-electron chi connectivity index (χ4n) is 3.52. The van der Waals surface area contributed by atoms with Gasteiger partial charge in [0.15, 0.2) is 0 Å². The van der Waals surface area contributed by atoms with E-state index in [0.29, 0.717) is 0 Å². The summed E-state index contributed by atoms with van der Waals surface area (Å²) in [4.78, 5) is 0. The minimum Gasteiger partial charge on any atom is -0.0625 e. The van der Waals surface area contributed by atoms with E-state index in [2.05, 4.69) is 13.8 Å². The summed E-state index contributed by atoms with van der Waals surface area (Å²) in [5.74, 6) is 4.28. The molecule has 4 atom stereocenters. The van der Waals surface area contributed by atoms with Gasteiger partial charge in [-0.3, -0.25) is 0 Å². The zero-order valence-electron chi connectivity index (χ0n) is 8.55. The van der Waals surface area contributed by atoms with Crippen molar-refractivity contribution in [3.63, 3.8) is 0 Å². The van der Waals surface area contributed by atoms with Gasteiger partial charge in [-0.25, -0.2) is 0 Å². The molecule has 0 N–H and O–H groups in total. The summed E-state index contributed by atoms with van der Waals surface area (Å²) in [6.07, 6.45) is 9.14. The van der Waals surface area contributed by atoms with Crippen LogP contribution >= 0.6 is 0 Å². The van der Waals surface area contributed by atoms with Crippen LogP contribution in [0.4, 0.5) is 0 Å². The van der Waals surface area contributed by atoms with Gasteiger partial charge in [-0.05, 0) is 36.5 Å². The summed E-state index contributed by atoms with van der Waals surface area (Å²) in [5, 5.41) is 0. The normalized spacial score (nSPS) is 48.5. The third-order valence-electron chi connectivity index (χ3n) is 4.27. The molecule has 0 heterocycles. The van der Waals surface area contributed by atoms with Crippen LogP contribution in [0.3, 0.4) is 0 Å². The SMILES string of the molecule is C[C@@H]1CC[C@H]2[C@H](CCC[C@@H]2C)C1. The lowest BCUT2D eigenvalue weighted by molar-refractivity contribution is 0.0892. The predicted octanol–water partition coefficient (Wildman–Crippen LogP) is 3.86. The van der Waals surface area contributed by atoms with E-state index in [1.165, 1.54) is 32.1 Å². The molecule has 0 heteroatoms. The van der Waals surface area contributed by atoms with Crippen molar-refractivity contribution in [1.82, 2.24) is 0 Å². The molecule has 0 spiro atoms. The van der Waals surface area contributed by atoms with Gasteiger partial charge in [0.2, 0.25) is 0 Å². The van der Waals surface area contributed by atoms with E-state index in [1.54, 1.807) is 6.42 Å². The summed E-state index contributed by atoms with van der Waals surface area (Å²) in [6, 6.07) is 0. The number of fused-ring (bicyclic) bond motifs is 1. The Balaban J connectivity index is 1.99. The van der Waals surface area contributed by atoms with E-state index in [-0.39, 0.29) is 0 Å². The van der Waals surface area contributed by atoms with Crippen LogP contribution in [-0.4, -0.2) is 0 Å². The minimum atomic E-state index is 1.02. The first kappa shape index (κ1) is 8.59. The monoisotopic (exact) mass is 166 g/mol. The van der Waals surface area contributed by atoms with Gasteiger partial charge in [0.25, 0.3) is 0 Å². The Morgan fingerprint density at radius 3 is 2.58 bits per heavy atom. The maximum absolute atomic E-state index is 2.48. The van der Waals surface area contributed by atoms with E-state index < -0.39 is 0 Å². The first-order valence-corrected chi connectivity index (χ1v) is 5.77. The standard InChI is InChI=1S/C12H22/c1-9-6-7-12-10(2)4-3-5-11(12)8-9/h9-12H,3-8H2,1-2H3/t9-,10+,11-,12-/m1/s1. The average Bonchev–Trinajstić information content (AvgIpc) is 2.04. The lowest BCUT2D eigenvalue weighted by Crippen LogP contribution is -2.31. The summed E-state index contributed by atoms with van der Waals surface area (Å²) in [6.45, 7) is 4.92. The van der Waals surface area contributed by atoms with Crippen molar-refractivity contribution < 1.29 is 0 Å². The molecule has 2 saturated carbocycles. The van der Waals surface area contributed by atoms with E-state index in [4.69, 9.17) is 0 Å². The molecule has 2 fully saturated rings. The zero-order chi connectivity index (χ0) is 8.55. The van der Waals surface area contributed by atoms with Crippen molar-refractivity contribution in [3.8, 4) is 0 Å². The van der Waals surface area contributed by atoms with E-state index in [9.17, 15) is 0 Å². The maximum Gasteiger partial charge on any atom is -0.0360 e. The van der Waals surface area contributed by atoms with Crippen LogP contribution in [0.25, 0.3) is 0 Å². The Kier molecular flexibility index (Phi) is 2.43. The number of hydrogen-bond acceptors (Lipinski definition) is 0.